The Hall–Kier alpha value is -0.340. The van der Waals surface area contributed by atoms with Crippen molar-refractivity contribution in [3.8, 4) is 0 Å². The van der Waals surface area contributed by atoms with Gasteiger partial charge >= 0.3 is 0 Å². The van der Waals surface area contributed by atoms with Gasteiger partial charge in [0.2, 0.25) is 0 Å². The first-order valence-corrected chi connectivity index (χ1v) is 6.58. The van der Waals surface area contributed by atoms with Crippen molar-refractivity contribution >= 4 is 15.9 Å². The Bertz CT molecular complexity index is 324. The lowest BCUT2D eigenvalue weighted by molar-refractivity contribution is 0.505. The highest BCUT2D eigenvalue weighted by Crippen LogP contribution is 2.31. The van der Waals surface area contributed by atoms with Crippen molar-refractivity contribution in [2.24, 2.45) is 5.73 Å². The topological polar surface area (TPSA) is 26.0 Å². The maximum absolute atomic E-state index is 6.25. The van der Waals surface area contributed by atoms with Gasteiger partial charge < -0.3 is 5.73 Å². The third-order valence-electron chi connectivity index (χ3n) is 3.35. The standard InChI is InChI=1S/C13H18BrN/c14-11-6-4-5-10(9-11)12-7-2-1-3-8-13(12)15/h4-6,9,12-13H,1-3,7-8,15H2. The van der Waals surface area contributed by atoms with Crippen LogP contribution in [0.5, 0.6) is 0 Å². The van der Waals surface area contributed by atoms with Gasteiger partial charge in [0.15, 0.2) is 0 Å². The summed E-state index contributed by atoms with van der Waals surface area (Å²) in [7, 11) is 0. The first-order valence-electron chi connectivity index (χ1n) is 5.78. The molecule has 15 heavy (non-hydrogen) atoms. The molecule has 2 N–H and O–H groups in total. The van der Waals surface area contributed by atoms with Crippen LogP contribution in [0.15, 0.2) is 28.7 Å². The van der Waals surface area contributed by atoms with Crippen LogP contribution in [0.4, 0.5) is 0 Å². The van der Waals surface area contributed by atoms with E-state index in [-0.39, 0.29) is 0 Å². The van der Waals surface area contributed by atoms with Crippen LogP contribution in [0.1, 0.15) is 43.6 Å². The quantitative estimate of drug-likeness (QED) is 0.770. The lowest BCUT2D eigenvalue weighted by Gasteiger charge is -2.21. The Morgan fingerprint density at radius 3 is 2.73 bits per heavy atom. The Kier molecular flexibility index (Phi) is 3.81. The molecule has 2 unspecified atom stereocenters. The molecule has 0 aliphatic heterocycles. The van der Waals surface area contributed by atoms with Crippen molar-refractivity contribution in [2.45, 2.75) is 44.1 Å². The lowest BCUT2D eigenvalue weighted by Crippen LogP contribution is -2.27. The van der Waals surface area contributed by atoms with Crippen LogP contribution in [0, 0.1) is 0 Å². The summed E-state index contributed by atoms with van der Waals surface area (Å²) < 4.78 is 1.16. The van der Waals surface area contributed by atoms with E-state index in [0.717, 1.165) is 4.47 Å². The summed E-state index contributed by atoms with van der Waals surface area (Å²) in [6.07, 6.45) is 6.39. The third kappa shape index (κ3) is 2.82. The van der Waals surface area contributed by atoms with Gasteiger partial charge in [0.25, 0.3) is 0 Å². The summed E-state index contributed by atoms with van der Waals surface area (Å²) in [4.78, 5) is 0. The first-order chi connectivity index (χ1) is 7.27. The Balaban J connectivity index is 2.20. The summed E-state index contributed by atoms with van der Waals surface area (Å²) in [6, 6.07) is 8.96. The van der Waals surface area contributed by atoms with Crippen LogP contribution < -0.4 is 5.73 Å². The first kappa shape index (κ1) is 11.2. The molecular formula is C13H18BrN. The SMILES string of the molecule is NC1CCCCCC1c1cccc(Br)c1. The fourth-order valence-electron chi connectivity index (χ4n) is 2.49. The normalized spacial score (nSPS) is 27.3. The molecule has 0 amide bonds. The van der Waals surface area contributed by atoms with Gasteiger partial charge in [0, 0.05) is 10.5 Å². The van der Waals surface area contributed by atoms with Crippen LogP contribution >= 0.6 is 15.9 Å². The van der Waals surface area contributed by atoms with Crippen molar-refractivity contribution in [2.75, 3.05) is 0 Å². The van der Waals surface area contributed by atoms with Gasteiger partial charge in [-0.05, 0) is 36.5 Å². The van der Waals surface area contributed by atoms with Gasteiger partial charge in [0.1, 0.15) is 0 Å². The predicted molar refractivity (Wildman–Crippen MR) is 67.9 cm³/mol. The predicted octanol–water partition coefficient (Wildman–Crippen LogP) is 3.82. The molecule has 1 aromatic rings. The van der Waals surface area contributed by atoms with E-state index in [0.29, 0.717) is 12.0 Å². The second-order valence-electron chi connectivity index (χ2n) is 4.46. The molecule has 1 nitrogen and oxygen atoms in total. The highest BCUT2D eigenvalue weighted by molar-refractivity contribution is 9.10. The Morgan fingerprint density at radius 2 is 1.93 bits per heavy atom. The minimum absolute atomic E-state index is 0.349. The Labute approximate surface area is 100 Å². The molecule has 2 heteroatoms. The number of halogens is 1. The summed E-state index contributed by atoms with van der Waals surface area (Å²) in [6.45, 7) is 0. The Morgan fingerprint density at radius 1 is 1.13 bits per heavy atom. The number of hydrogen-bond acceptors (Lipinski definition) is 1. The minimum Gasteiger partial charge on any atom is -0.327 e. The molecule has 0 saturated heterocycles. The zero-order valence-electron chi connectivity index (χ0n) is 8.95. The smallest absolute Gasteiger partial charge is 0.0178 e. The lowest BCUT2D eigenvalue weighted by atomic mass is 9.88. The monoisotopic (exact) mass is 267 g/mol. The van der Waals surface area contributed by atoms with E-state index in [1.54, 1.807) is 0 Å². The summed E-state index contributed by atoms with van der Waals surface area (Å²) >= 11 is 3.53. The van der Waals surface area contributed by atoms with E-state index < -0.39 is 0 Å². The van der Waals surface area contributed by atoms with E-state index in [4.69, 9.17) is 5.73 Å². The summed E-state index contributed by atoms with van der Waals surface area (Å²) in [5, 5.41) is 0. The van der Waals surface area contributed by atoms with E-state index in [1.165, 1.54) is 37.7 Å². The molecule has 0 spiro atoms. The molecule has 1 aliphatic carbocycles. The van der Waals surface area contributed by atoms with Gasteiger partial charge in [-0.25, -0.2) is 0 Å². The largest absolute Gasteiger partial charge is 0.327 e. The molecule has 0 radical (unpaired) electrons. The molecule has 2 atom stereocenters. The molecule has 1 fully saturated rings. The number of rotatable bonds is 1. The van der Waals surface area contributed by atoms with Crippen LogP contribution in [0.25, 0.3) is 0 Å². The average Bonchev–Trinajstić information content (AvgIpc) is 2.43. The van der Waals surface area contributed by atoms with Crippen molar-refractivity contribution < 1.29 is 0 Å². The van der Waals surface area contributed by atoms with Crippen molar-refractivity contribution in [3.63, 3.8) is 0 Å². The van der Waals surface area contributed by atoms with Crippen LogP contribution in [0.2, 0.25) is 0 Å². The van der Waals surface area contributed by atoms with E-state index in [2.05, 4.69) is 40.2 Å². The maximum atomic E-state index is 6.25. The third-order valence-corrected chi connectivity index (χ3v) is 3.84. The van der Waals surface area contributed by atoms with Gasteiger partial charge in [-0.2, -0.15) is 0 Å². The number of benzene rings is 1. The number of nitrogens with two attached hydrogens (primary N) is 1. The maximum Gasteiger partial charge on any atom is 0.0178 e. The molecule has 0 heterocycles. The average molecular weight is 268 g/mol. The number of hydrogen-bond donors (Lipinski definition) is 1. The van der Waals surface area contributed by atoms with Crippen LogP contribution in [-0.4, -0.2) is 6.04 Å². The van der Waals surface area contributed by atoms with Crippen molar-refractivity contribution in [3.05, 3.63) is 34.3 Å². The zero-order chi connectivity index (χ0) is 10.7. The second-order valence-corrected chi connectivity index (χ2v) is 5.38. The fraction of sp³-hybridized carbons (Fsp3) is 0.538. The van der Waals surface area contributed by atoms with Crippen molar-refractivity contribution in [1.29, 1.82) is 0 Å². The van der Waals surface area contributed by atoms with Gasteiger partial charge in [0.05, 0.1) is 0 Å². The second kappa shape index (κ2) is 5.13. The van der Waals surface area contributed by atoms with Gasteiger partial charge in [-0.3, -0.25) is 0 Å². The highest BCUT2D eigenvalue weighted by Gasteiger charge is 2.21. The fourth-order valence-corrected chi connectivity index (χ4v) is 2.90. The molecule has 82 valence electrons. The van der Waals surface area contributed by atoms with Gasteiger partial charge in [-0.1, -0.05) is 47.3 Å². The molecule has 1 aromatic carbocycles. The molecule has 1 saturated carbocycles. The molecule has 0 aromatic heterocycles. The molecule has 1 aliphatic rings. The zero-order valence-corrected chi connectivity index (χ0v) is 10.5. The molecule has 2 rings (SSSR count). The molecular weight excluding hydrogens is 250 g/mol. The van der Waals surface area contributed by atoms with Crippen molar-refractivity contribution in [1.82, 2.24) is 0 Å². The van der Waals surface area contributed by atoms with E-state index >= 15 is 0 Å². The van der Waals surface area contributed by atoms with E-state index in [9.17, 15) is 0 Å². The molecule has 0 bridgehead atoms. The van der Waals surface area contributed by atoms with Crippen LogP contribution in [0.3, 0.4) is 0 Å². The van der Waals surface area contributed by atoms with Gasteiger partial charge in [-0.15, -0.1) is 0 Å². The van der Waals surface area contributed by atoms with E-state index in [1.807, 2.05) is 0 Å². The summed E-state index contributed by atoms with van der Waals surface area (Å²) in [5.41, 5.74) is 7.65. The minimum atomic E-state index is 0.349. The summed E-state index contributed by atoms with van der Waals surface area (Å²) in [5.74, 6) is 0.560. The highest BCUT2D eigenvalue weighted by atomic mass is 79.9. The van der Waals surface area contributed by atoms with Crippen LogP contribution in [-0.2, 0) is 0 Å².